The summed E-state index contributed by atoms with van der Waals surface area (Å²) in [6, 6.07) is 0. The highest BCUT2D eigenvalue weighted by atomic mass is 16.6. The molecule has 0 radical (unpaired) electrons. The number of rotatable bonds is 2. The molecule has 0 aromatic carbocycles. The van der Waals surface area contributed by atoms with Gasteiger partial charge in [0.05, 0.1) is 17.8 Å². The van der Waals surface area contributed by atoms with Gasteiger partial charge in [0.15, 0.2) is 0 Å². The van der Waals surface area contributed by atoms with Crippen LogP contribution in [0.2, 0.25) is 0 Å². The molecular weight excluding hydrogens is 272 g/mol. The molecular formula is C20H36O2. The summed E-state index contributed by atoms with van der Waals surface area (Å²) in [5, 5.41) is 9.50. The average molecular weight is 309 g/mol. The van der Waals surface area contributed by atoms with Gasteiger partial charge in [0.2, 0.25) is 0 Å². The van der Waals surface area contributed by atoms with Crippen molar-refractivity contribution in [2.24, 2.45) is 23.7 Å². The fourth-order valence-corrected chi connectivity index (χ4v) is 3.99. The first kappa shape index (κ1) is 18.0. The molecule has 0 aromatic heterocycles. The minimum Gasteiger partial charge on any atom is -0.389 e. The lowest BCUT2D eigenvalue weighted by atomic mass is 9.78. The Balaban J connectivity index is 0.000000160. The van der Waals surface area contributed by atoms with Crippen molar-refractivity contribution in [1.29, 1.82) is 0 Å². The van der Waals surface area contributed by atoms with Crippen LogP contribution in [0, 0.1) is 23.7 Å². The van der Waals surface area contributed by atoms with E-state index < -0.39 is 0 Å². The molecule has 3 rings (SSSR count). The van der Waals surface area contributed by atoms with Gasteiger partial charge in [-0.25, -0.2) is 0 Å². The van der Waals surface area contributed by atoms with Crippen LogP contribution in [-0.2, 0) is 4.74 Å². The van der Waals surface area contributed by atoms with Gasteiger partial charge >= 0.3 is 0 Å². The third-order valence-corrected chi connectivity index (χ3v) is 6.28. The molecule has 2 saturated carbocycles. The summed E-state index contributed by atoms with van der Waals surface area (Å²) in [7, 11) is 0. The largest absolute Gasteiger partial charge is 0.389 e. The highest BCUT2D eigenvalue weighted by Crippen LogP contribution is 2.50. The van der Waals surface area contributed by atoms with E-state index in [0.717, 1.165) is 30.3 Å². The SMILES string of the molecule is C=C1CC[C@H](C(C)C)CC1O.CC(C)[C@H]1CCC2(C)OC2C1. The zero-order valence-electron chi connectivity index (χ0n) is 15.3. The number of hydrogen-bond acceptors (Lipinski definition) is 2. The van der Waals surface area contributed by atoms with Crippen LogP contribution in [0.15, 0.2) is 12.2 Å². The van der Waals surface area contributed by atoms with Crippen LogP contribution >= 0.6 is 0 Å². The number of fused-ring (bicyclic) bond motifs is 1. The van der Waals surface area contributed by atoms with E-state index in [0.29, 0.717) is 23.5 Å². The van der Waals surface area contributed by atoms with E-state index in [4.69, 9.17) is 4.74 Å². The van der Waals surface area contributed by atoms with E-state index >= 15 is 0 Å². The molecule has 2 heteroatoms. The van der Waals surface area contributed by atoms with Crippen molar-refractivity contribution >= 4 is 0 Å². The summed E-state index contributed by atoms with van der Waals surface area (Å²) in [6.45, 7) is 15.2. The smallest absolute Gasteiger partial charge is 0.0920 e. The van der Waals surface area contributed by atoms with E-state index in [1.807, 2.05) is 0 Å². The molecule has 3 aliphatic rings. The Morgan fingerprint density at radius 1 is 1.09 bits per heavy atom. The molecule has 1 heterocycles. The fourth-order valence-electron chi connectivity index (χ4n) is 3.99. The van der Waals surface area contributed by atoms with Crippen LogP contribution in [-0.4, -0.2) is 22.9 Å². The molecule has 1 saturated heterocycles. The molecule has 128 valence electrons. The van der Waals surface area contributed by atoms with E-state index in [1.165, 1.54) is 25.7 Å². The van der Waals surface area contributed by atoms with Crippen LogP contribution in [0.25, 0.3) is 0 Å². The van der Waals surface area contributed by atoms with Gasteiger partial charge in [0, 0.05) is 0 Å². The van der Waals surface area contributed by atoms with Crippen molar-refractivity contribution < 1.29 is 9.84 Å². The lowest BCUT2D eigenvalue weighted by molar-refractivity contribution is 0.130. The van der Waals surface area contributed by atoms with Crippen molar-refractivity contribution in [2.75, 3.05) is 0 Å². The van der Waals surface area contributed by atoms with E-state index in [9.17, 15) is 5.11 Å². The first-order chi connectivity index (χ1) is 10.2. The molecule has 2 aliphatic carbocycles. The van der Waals surface area contributed by atoms with Gasteiger partial charge in [0.1, 0.15) is 0 Å². The van der Waals surface area contributed by atoms with Gasteiger partial charge in [-0.3, -0.25) is 0 Å². The topological polar surface area (TPSA) is 32.8 Å². The quantitative estimate of drug-likeness (QED) is 0.577. The highest BCUT2D eigenvalue weighted by molar-refractivity contribution is 5.06. The molecule has 3 fully saturated rings. The second kappa shape index (κ2) is 7.05. The maximum atomic E-state index is 9.50. The molecule has 5 atom stereocenters. The van der Waals surface area contributed by atoms with Crippen LogP contribution < -0.4 is 0 Å². The van der Waals surface area contributed by atoms with Crippen LogP contribution in [0.3, 0.4) is 0 Å². The summed E-state index contributed by atoms with van der Waals surface area (Å²) in [5.74, 6) is 3.19. The molecule has 1 N–H and O–H groups in total. The van der Waals surface area contributed by atoms with Gasteiger partial charge in [-0.15, -0.1) is 0 Å². The van der Waals surface area contributed by atoms with Crippen molar-refractivity contribution in [3.8, 4) is 0 Å². The summed E-state index contributed by atoms with van der Waals surface area (Å²) in [5.41, 5.74) is 1.34. The molecule has 1 aliphatic heterocycles. The number of epoxide rings is 1. The maximum Gasteiger partial charge on any atom is 0.0920 e. The van der Waals surface area contributed by atoms with Crippen molar-refractivity contribution in [3.05, 3.63) is 12.2 Å². The molecule has 3 unspecified atom stereocenters. The molecule has 0 aromatic rings. The lowest BCUT2D eigenvalue weighted by Crippen LogP contribution is -2.24. The Morgan fingerprint density at radius 2 is 1.68 bits per heavy atom. The summed E-state index contributed by atoms with van der Waals surface area (Å²) in [4.78, 5) is 0. The van der Waals surface area contributed by atoms with Crippen LogP contribution in [0.5, 0.6) is 0 Å². The van der Waals surface area contributed by atoms with E-state index in [-0.39, 0.29) is 6.10 Å². The molecule has 0 spiro atoms. The molecule has 2 nitrogen and oxygen atoms in total. The van der Waals surface area contributed by atoms with Crippen molar-refractivity contribution in [2.45, 2.75) is 91.0 Å². The minimum atomic E-state index is -0.226. The number of hydrogen-bond donors (Lipinski definition) is 1. The van der Waals surface area contributed by atoms with Gasteiger partial charge in [-0.1, -0.05) is 34.3 Å². The van der Waals surface area contributed by atoms with E-state index in [1.54, 1.807) is 0 Å². The number of ether oxygens (including phenoxy) is 1. The normalized spacial score (nSPS) is 41.0. The van der Waals surface area contributed by atoms with Gasteiger partial charge in [0.25, 0.3) is 0 Å². The molecule has 22 heavy (non-hydrogen) atoms. The number of aliphatic hydroxyl groups excluding tert-OH is 1. The van der Waals surface area contributed by atoms with Gasteiger partial charge < -0.3 is 9.84 Å². The van der Waals surface area contributed by atoms with E-state index in [2.05, 4.69) is 41.2 Å². The first-order valence-corrected chi connectivity index (χ1v) is 9.26. The highest BCUT2D eigenvalue weighted by Gasteiger charge is 2.55. The Labute approximate surface area is 137 Å². The third kappa shape index (κ3) is 4.35. The minimum absolute atomic E-state index is 0.226. The standard InChI is InChI=1S/2C10H18O/c1-7(2)8-4-5-10(3)9(6-8)11-10;1-7(2)9-5-4-8(3)10(11)6-9/h7-9H,4-6H2,1-3H3;7,9-11H,3-6H2,1-2H3/t8-,9?,10?;9-,10?/m00/s1. The first-order valence-electron chi connectivity index (χ1n) is 9.26. The maximum absolute atomic E-state index is 9.50. The lowest BCUT2D eigenvalue weighted by Gasteiger charge is -2.30. The predicted molar refractivity (Wildman–Crippen MR) is 92.8 cm³/mol. The zero-order chi connectivity index (χ0) is 16.5. The van der Waals surface area contributed by atoms with Crippen molar-refractivity contribution in [1.82, 2.24) is 0 Å². The van der Waals surface area contributed by atoms with Gasteiger partial charge in [-0.05, 0) is 74.7 Å². The summed E-state index contributed by atoms with van der Waals surface area (Å²) in [6.07, 6.45) is 7.53. The summed E-state index contributed by atoms with van der Waals surface area (Å²) >= 11 is 0. The molecule has 0 bridgehead atoms. The monoisotopic (exact) mass is 308 g/mol. The second-order valence-electron chi connectivity index (χ2n) is 8.65. The Hall–Kier alpha value is -0.340. The Morgan fingerprint density at radius 3 is 2.18 bits per heavy atom. The molecule has 0 amide bonds. The summed E-state index contributed by atoms with van der Waals surface area (Å²) < 4.78 is 5.65. The van der Waals surface area contributed by atoms with Crippen LogP contribution in [0.1, 0.15) is 73.1 Å². The Kier molecular flexibility index (Phi) is 5.77. The fraction of sp³-hybridized carbons (Fsp3) is 0.900. The second-order valence-corrected chi connectivity index (χ2v) is 8.65. The predicted octanol–water partition coefficient (Wildman–Crippen LogP) is 4.96. The average Bonchev–Trinajstić information content (AvgIpc) is 3.12. The number of aliphatic hydroxyl groups is 1. The van der Waals surface area contributed by atoms with Crippen LogP contribution in [0.4, 0.5) is 0 Å². The van der Waals surface area contributed by atoms with Crippen molar-refractivity contribution in [3.63, 3.8) is 0 Å². The Bertz CT molecular complexity index is 387. The third-order valence-electron chi connectivity index (χ3n) is 6.28. The zero-order valence-corrected chi connectivity index (χ0v) is 15.3. The van der Waals surface area contributed by atoms with Gasteiger partial charge in [-0.2, -0.15) is 0 Å².